The number of hydrogen-bond donors (Lipinski definition) is 2. The summed E-state index contributed by atoms with van der Waals surface area (Å²) in [6.45, 7) is 4.47. The molecule has 0 aliphatic carbocycles. The van der Waals surface area contributed by atoms with Gasteiger partial charge in [0.2, 0.25) is 11.9 Å². The van der Waals surface area contributed by atoms with Crippen molar-refractivity contribution in [3.05, 3.63) is 65.9 Å². The average molecular weight is 478 g/mol. The Labute approximate surface area is 209 Å². The molecule has 180 valence electrons. The lowest BCUT2D eigenvalue weighted by atomic mass is 9.96. The molecule has 0 radical (unpaired) electrons. The first kappa shape index (κ1) is 22.0. The largest absolute Gasteiger partial charge is 0.357 e. The summed E-state index contributed by atoms with van der Waals surface area (Å²) in [5.41, 5.74) is 8.51. The van der Waals surface area contributed by atoms with Crippen molar-refractivity contribution in [2.75, 3.05) is 29.1 Å². The maximum atomic E-state index is 11.9. The molecule has 0 bridgehead atoms. The van der Waals surface area contributed by atoms with Crippen LogP contribution in [0.5, 0.6) is 0 Å². The number of aromatic nitrogens is 4. The molecule has 36 heavy (non-hydrogen) atoms. The Balaban J connectivity index is 1.41. The summed E-state index contributed by atoms with van der Waals surface area (Å²) in [5.74, 6) is 1.49. The number of carbonyl (C=O) groups is 1. The summed E-state index contributed by atoms with van der Waals surface area (Å²) in [6.07, 6.45) is 2.71. The quantitative estimate of drug-likeness (QED) is 0.371. The minimum atomic E-state index is 0.0794. The number of amides is 1. The van der Waals surface area contributed by atoms with Crippen molar-refractivity contribution >= 4 is 50.9 Å². The maximum absolute atomic E-state index is 11.9. The second-order valence-corrected chi connectivity index (χ2v) is 9.23. The van der Waals surface area contributed by atoms with Gasteiger partial charge >= 0.3 is 0 Å². The molecule has 1 aliphatic heterocycles. The molecule has 5 aromatic rings. The molecule has 0 spiro atoms. The van der Waals surface area contributed by atoms with Crippen LogP contribution in [0.2, 0.25) is 0 Å². The normalized spacial score (nSPS) is 12.8. The number of nitrogens with one attached hydrogen (secondary N) is 2. The van der Waals surface area contributed by atoms with E-state index in [-0.39, 0.29) is 5.91 Å². The molecular formula is C28H27N7O. The van der Waals surface area contributed by atoms with Crippen molar-refractivity contribution in [2.45, 2.75) is 20.3 Å². The Hall–Kier alpha value is -4.46. The van der Waals surface area contributed by atoms with Gasteiger partial charge in [-0.15, -0.1) is 0 Å². The third-order valence-electron chi connectivity index (χ3n) is 6.92. The van der Waals surface area contributed by atoms with Crippen LogP contribution < -0.4 is 15.5 Å². The fourth-order valence-corrected chi connectivity index (χ4v) is 5.18. The minimum absolute atomic E-state index is 0.0794. The first-order valence-electron chi connectivity index (χ1n) is 12.0. The van der Waals surface area contributed by atoms with Crippen molar-refractivity contribution in [3.8, 4) is 11.1 Å². The number of hydrogen-bond acceptors (Lipinski definition) is 6. The predicted octanol–water partition coefficient (Wildman–Crippen LogP) is 5.19. The standard InChI is InChI=1S/C28H27N7O/c1-16-5-8-22-26(25(16)19-6-9-23-20(13-19)15-30-28(29-3)32-23)34(4)33-27(22)31-21-7-10-24-18(14-21)11-12-35(24)17(2)36/h5-10,13-15H,11-12H2,1-4H3,(H,31,33)(H,29,30,32). The molecule has 0 fully saturated rings. The maximum Gasteiger partial charge on any atom is 0.223 e. The van der Waals surface area contributed by atoms with E-state index in [0.717, 1.165) is 63.1 Å². The van der Waals surface area contributed by atoms with Crippen molar-refractivity contribution in [1.82, 2.24) is 19.7 Å². The molecule has 3 heterocycles. The van der Waals surface area contributed by atoms with Crippen LogP contribution in [-0.4, -0.2) is 39.2 Å². The van der Waals surface area contributed by atoms with Crippen LogP contribution in [-0.2, 0) is 18.3 Å². The van der Waals surface area contributed by atoms with Crippen LogP contribution >= 0.6 is 0 Å². The molecule has 8 nitrogen and oxygen atoms in total. The second kappa shape index (κ2) is 8.34. The molecular weight excluding hydrogens is 450 g/mol. The molecule has 0 atom stereocenters. The smallest absolute Gasteiger partial charge is 0.223 e. The van der Waals surface area contributed by atoms with Crippen LogP contribution in [0.1, 0.15) is 18.1 Å². The number of rotatable bonds is 4. The lowest BCUT2D eigenvalue weighted by Gasteiger charge is -2.15. The zero-order valence-electron chi connectivity index (χ0n) is 20.8. The molecule has 3 aromatic carbocycles. The fourth-order valence-electron chi connectivity index (χ4n) is 5.18. The van der Waals surface area contributed by atoms with E-state index in [0.29, 0.717) is 5.95 Å². The van der Waals surface area contributed by atoms with Crippen LogP contribution in [0, 0.1) is 6.92 Å². The Morgan fingerprint density at radius 1 is 1.08 bits per heavy atom. The zero-order valence-corrected chi connectivity index (χ0v) is 20.8. The lowest BCUT2D eigenvalue weighted by Crippen LogP contribution is -2.25. The van der Waals surface area contributed by atoms with Crippen molar-refractivity contribution < 1.29 is 4.79 Å². The summed E-state index contributed by atoms with van der Waals surface area (Å²) in [6, 6.07) is 16.7. The van der Waals surface area contributed by atoms with Gasteiger partial charge in [-0.2, -0.15) is 5.10 Å². The van der Waals surface area contributed by atoms with Gasteiger partial charge in [0.1, 0.15) is 0 Å². The fraction of sp³-hybridized carbons (Fsp3) is 0.214. The van der Waals surface area contributed by atoms with E-state index < -0.39 is 0 Å². The van der Waals surface area contributed by atoms with Crippen molar-refractivity contribution in [1.29, 1.82) is 0 Å². The van der Waals surface area contributed by atoms with Crippen LogP contribution in [0.15, 0.2) is 54.7 Å². The van der Waals surface area contributed by atoms with Gasteiger partial charge in [-0.3, -0.25) is 9.48 Å². The topological polar surface area (TPSA) is 88.0 Å². The predicted molar refractivity (Wildman–Crippen MR) is 145 cm³/mol. The molecule has 1 amide bonds. The highest BCUT2D eigenvalue weighted by molar-refractivity contribution is 6.03. The summed E-state index contributed by atoms with van der Waals surface area (Å²) in [5, 5.41) is 13.4. The van der Waals surface area contributed by atoms with Crippen LogP contribution in [0.3, 0.4) is 0 Å². The number of benzene rings is 3. The van der Waals surface area contributed by atoms with Gasteiger partial charge in [0.05, 0.1) is 11.0 Å². The number of carbonyl (C=O) groups excluding carboxylic acids is 1. The minimum Gasteiger partial charge on any atom is -0.357 e. The highest BCUT2D eigenvalue weighted by atomic mass is 16.2. The summed E-state index contributed by atoms with van der Waals surface area (Å²) >= 11 is 0. The highest BCUT2D eigenvalue weighted by Crippen LogP contribution is 2.38. The van der Waals surface area contributed by atoms with E-state index in [2.05, 4.69) is 57.9 Å². The SMILES string of the molecule is CNc1ncc2cc(-c3c(C)ccc4c(Nc5ccc6c(c5)CCN6C(C)=O)nn(C)c34)ccc2n1. The molecule has 1 aliphatic rings. The van der Waals surface area contributed by atoms with E-state index in [9.17, 15) is 4.79 Å². The zero-order chi connectivity index (χ0) is 25.0. The van der Waals surface area contributed by atoms with Gasteiger partial charge in [-0.1, -0.05) is 12.1 Å². The molecule has 6 rings (SSSR count). The van der Waals surface area contributed by atoms with E-state index in [1.54, 1.807) is 6.92 Å². The van der Waals surface area contributed by atoms with Gasteiger partial charge in [0.25, 0.3) is 0 Å². The second-order valence-electron chi connectivity index (χ2n) is 9.23. The van der Waals surface area contributed by atoms with Gasteiger partial charge in [0.15, 0.2) is 5.82 Å². The third-order valence-corrected chi connectivity index (χ3v) is 6.92. The van der Waals surface area contributed by atoms with Crippen molar-refractivity contribution in [3.63, 3.8) is 0 Å². The Morgan fingerprint density at radius 2 is 1.94 bits per heavy atom. The van der Waals surface area contributed by atoms with Gasteiger partial charge < -0.3 is 15.5 Å². The van der Waals surface area contributed by atoms with E-state index in [4.69, 9.17) is 5.10 Å². The summed E-state index contributed by atoms with van der Waals surface area (Å²) in [4.78, 5) is 22.7. The first-order chi connectivity index (χ1) is 17.4. The van der Waals surface area contributed by atoms with Crippen molar-refractivity contribution in [2.24, 2.45) is 7.05 Å². The highest BCUT2D eigenvalue weighted by Gasteiger charge is 2.23. The van der Waals surface area contributed by atoms with Gasteiger partial charge in [0, 0.05) is 61.5 Å². The number of anilines is 4. The van der Waals surface area contributed by atoms with E-state index in [1.165, 1.54) is 11.1 Å². The average Bonchev–Trinajstić information content (AvgIpc) is 3.44. The Bertz CT molecular complexity index is 1670. The molecule has 8 heteroatoms. The number of fused-ring (bicyclic) bond motifs is 3. The van der Waals surface area contributed by atoms with Crippen LogP contribution in [0.4, 0.5) is 23.1 Å². The number of nitrogens with zero attached hydrogens (tertiary/aromatic N) is 5. The Morgan fingerprint density at radius 3 is 2.75 bits per heavy atom. The van der Waals surface area contributed by atoms with Crippen LogP contribution in [0.25, 0.3) is 32.9 Å². The monoisotopic (exact) mass is 477 g/mol. The summed E-state index contributed by atoms with van der Waals surface area (Å²) in [7, 11) is 3.80. The molecule has 2 aromatic heterocycles. The first-order valence-corrected chi connectivity index (χ1v) is 12.0. The molecule has 2 N–H and O–H groups in total. The Kier molecular flexibility index (Phi) is 5.10. The molecule has 0 saturated heterocycles. The summed E-state index contributed by atoms with van der Waals surface area (Å²) < 4.78 is 1.94. The molecule has 0 unspecified atom stereocenters. The lowest BCUT2D eigenvalue weighted by molar-refractivity contribution is -0.116. The van der Waals surface area contributed by atoms with Gasteiger partial charge in [-0.25, -0.2) is 9.97 Å². The van der Waals surface area contributed by atoms with E-state index in [1.807, 2.05) is 48.1 Å². The van der Waals surface area contributed by atoms with E-state index >= 15 is 0 Å². The third kappa shape index (κ3) is 3.53. The van der Waals surface area contributed by atoms with Gasteiger partial charge in [-0.05, 0) is 66.4 Å². The number of aryl methyl sites for hydroxylation is 2. The molecule has 0 saturated carbocycles.